The third kappa shape index (κ3) is 2.93. The maximum atomic E-state index is 12.9. The van der Waals surface area contributed by atoms with Crippen LogP contribution in [-0.4, -0.2) is 29.3 Å². The normalized spacial score (nSPS) is 35.2. The van der Waals surface area contributed by atoms with Crippen LogP contribution < -0.4 is 5.32 Å². The molecule has 4 nitrogen and oxygen atoms in total. The average Bonchev–Trinajstić information content (AvgIpc) is 3.02. The molecule has 1 heterocycles. The number of amides is 2. The van der Waals surface area contributed by atoms with Crippen molar-refractivity contribution in [1.82, 2.24) is 10.2 Å². The van der Waals surface area contributed by atoms with Crippen LogP contribution in [-0.2, 0) is 11.3 Å². The number of hydrogen-bond donors (Lipinski definition) is 1. The molecule has 6 rings (SSSR count). The Labute approximate surface area is 155 Å². The van der Waals surface area contributed by atoms with Crippen molar-refractivity contribution >= 4 is 11.8 Å². The number of benzene rings is 1. The smallest absolute Gasteiger partial charge is 0.251 e. The quantitative estimate of drug-likeness (QED) is 0.903. The lowest BCUT2D eigenvalue weighted by Gasteiger charge is -2.54. The molecule has 0 unspecified atom stereocenters. The lowest BCUT2D eigenvalue weighted by Crippen LogP contribution is -2.55. The summed E-state index contributed by atoms with van der Waals surface area (Å²) in [6.07, 6.45) is 8.30. The van der Waals surface area contributed by atoms with Gasteiger partial charge in [-0.2, -0.15) is 0 Å². The van der Waals surface area contributed by atoms with Gasteiger partial charge in [0.15, 0.2) is 0 Å². The van der Waals surface area contributed by atoms with Crippen LogP contribution in [0.3, 0.4) is 0 Å². The number of carbonyl (C=O) groups is 2. The Kier molecular flexibility index (Phi) is 4.02. The highest BCUT2D eigenvalue weighted by atomic mass is 16.2. The van der Waals surface area contributed by atoms with E-state index in [0.717, 1.165) is 35.9 Å². The highest BCUT2D eigenvalue weighted by Gasteiger charge is 2.48. The van der Waals surface area contributed by atoms with Crippen molar-refractivity contribution in [1.29, 1.82) is 0 Å². The second-order valence-electron chi connectivity index (χ2n) is 9.05. The Morgan fingerprint density at radius 1 is 1.08 bits per heavy atom. The van der Waals surface area contributed by atoms with Crippen molar-refractivity contribution in [2.75, 3.05) is 6.54 Å². The van der Waals surface area contributed by atoms with Crippen LogP contribution in [0.25, 0.3) is 0 Å². The van der Waals surface area contributed by atoms with Crippen molar-refractivity contribution in [2.24, 2.45) is 23.7 Å². The van der Waals surface area contributed by atoms with Crippen LogP contribution in [0.15, 0.2) is 24.3 Å². The minimum atomic E-state index is 0.0667. The largest absolute Gasteiger partial charge is 0.349 e. The lowest BCUT2D eigenvalue weighted by molar-refractivity contribution is -0.128. The summed E-state index contributed by atoms with van der Waals surface area (Å²) >= 11 is 0. The fourth-order valence-corrected chi connectivity index (χ4v) is 6.30. The summed E-state index contributed by atoms with van der Waals surface area (Å²) in [5, 5.41) is 3.39. The van der Waals surface area contributed by atoms with E-state index in [4.69, 9.17) is 0 Å². The number of hydrogen-bond acceptors (Lipinski definition) is 2. The molecule has 138 valence electrons. The Morgan fingerprint density at radius 2 is 1.81 bits per heavy atom. The predicted octanol–water partition coefficient (Wildman–Crippen LogP) is 3.36. The molecule has 0 aromatic heterocycles. The van der Waals surface area contributed by atoms with Gasteiger partial charge in [0.05, 0.1) is 0 Å². The van der Waals surface area contributed by atoms with E-state index in [1.54, 1.807) is 0 Å². The van der Waals surface area contributed by atoms with E-state index in [0.29, 0.717) is 30.8 Å². The van der Waals surface area contributed by atoms with Gasteiger partial charge in [0.2, 0.25) is 5.91 Å². The fraction of sp³-hybridized carbons (Fsp3) is 0.636. The van der Waals surface area contributed by atoms with E-state index in [-0.39, 0.29) is 11.8 Å². The molecule has 4 saturated carbocycles. The molecule has 0 atom stereocenters. The minimum Gasteiger partial charge on any atom is -0.349 e. The van der Waals surface area contributed by atoms with E-state index < -0.39 is 0 Å². The summed E-state index contributed by atoms with van der Waals surface area (Å²) in [4.78, 5) is 26.6. The van der Waals surface area contributed by atoms with Gasteiger partial charge in [-0.15, -0.1) is 0 Å². The van der Waals surface area contributed by atoms with Crippen LogP contribution in [0.1, 0.15) is 60.9 Å². The molecular formula is C22H28N2O2. The number of carbonyl (C=O) groups excluding carboxylic acids is 2. The van der Waals surface area contributed by atoms with Crippen molar-refractivity contribution in [3.05, 3.63) is 35.4 Å². The zero-order valence-electron chi connectivity index (χ0n) is 15.3. The van der Waals surface area contributed by atoms with Gasteiger partial charge in [-0.3, -0.25) is 9.59 Å². The standard InChI is InChI=1S/C22H28N2O2/c25-20-5-2-6-24(20)13-14-3-1-4-17(8-14)22(26)23-21-18-9-15-7-16(11-18)12-19(21)10-15/h1,3-4,8,15-16,18-19,21H,2,5-7,9-13H2,(H,23,26). The summed E-state index contributed by atoms with van der Waals surface area (Å²) < 4.78 is 0. The zero-order valence-corrected chi connectivity index (χ0v) is 15.3. The van der Waals surface area contributed by atoms with Crippen molar-refractivity contribution in [2.45, 2.75) is 57.5 Å². The van der Waals surface area contributed by atoms with E-state index in [9.17, 15) is 9.59 Å². The molecule has 0 radical (unpaired) electrons. The minimum absolute atomic E-state index is 0.0667. The van der Waals surface area contributed by atoms with Crippen molar-refractivity contribution in [3.8, 4) is 0 Å². The fourth-order valence-electron chi connectivity index (χ4n) is 6.30. The van der Waals surface area contributed by atoms with E-state index in [2.05, 4.69) is 5.32 Å². The highest BCUT2D eigenvalue weighted by Crippen LogP contribution is 2.53. The van der Waals surface area contributed by atoms with E-state index in [1.165, 1.54) is 32.1 Å². The molecule has 1 saturated heterocycles. The first kappa shape index (κ1) is 16.3. The molecule has 4 aliphatic carbocycles. The lowest BCUT2D eigenvalue weighted by atomic mass is 9.54. The van der Waals surface area contributed by atoms with E-state index in [1.807, 2.05) is 29.2 Å². The molecule has 4 bridgehead atoms. The van der Waals surface area contributed by atoms with Gasteiger partial charge in [-0.1, -0.05) is 12.1 Å². The zero-order chi connectivity index (χ0) is 17.7. The first-order chi connectivity index (χ1) is 12.7. The van der Waals surface area contributed by atoms with Gasteiger partial charge in [0, 0.05) is 31.1 Å². The molecule has 1 aromatic rings. The van der Waals surface area contributed by atoms with Crippen LogP contribution in [0.5, 0.6) is 0 Å². The third-order valence-corrected chi connectivity index (χ3v) is 7.26. The van der Waals surface area contributed by atoms with Gasteiger partial charge in [-0.25, -0.2) is 0 Å². The molecule has 4 heteroatoms. The van der Waals surface area contributed by atoms with Gasteiger partial charge in [-0.05, 0) is 79.9 Å². The van der Waals surface area contributed by atoms with Gasteiger partial charge in [0.1, 0.15) is 0 Å². The Bertz CT molecular complexity index is 701. The third-order valence-electron chi connectivity index (χ3n) is 7.26. The number of likely N-dealkylation sites (tertiary alicyclic amines) is 1. The van der Waals surface area contributed by atoms with Crippen LogP contribution in [0.4, 0.5) is 0 Å². The maximum Gasteiger partial charge on any atom is 0.251 e. The topological polar surface area (TPSA) is 49.4 Å². The first-order valence-corrected chi connectivity index (χ1v) is 10.3. The Balaban J connectivity index is 1.27. The molecule has 5 fully saturated rings. The number of nitrogens with zero attached hydrogens (tertiary/aromatic N) is 1. The molecule has 1 N–H and O–H groups in total. The Morgan fingerprint density at radius 3 is 2.46 bits per heavy atom. The molecule has 1 aliphatic heterocycles. The molecule has 1 aromatic carbocycles. The molecule has 5 aliphatic rings. The maximum absolute atomic E-state index is 12.9. The Hall–Kier alpha value is -1.84. The van der Waals surface area contributed by atoms with Crippen LogP contribution in [0.2, 0.25) is 0 Å². The summed E-state index contributed by atoms with van der Waals surface area (Å²) in [5.74, 6) is 3.53. The second kappa shape index (κ2) is 6.40. The SMILES string of the molecule is O=C(NC1C2CC3CC(C2)CC1C3)c1cccc(CN2CCCC2=O)c1. The monoisotopic (exact) mass is 352 g/mol. The van der Waals surface area contributed by atoms with Crippen molar-refractivity contribution < 1.29 is 9.59 Å². The molecular weight excluding hydrogens is 324 g/mol. The average molecular weight is 352 g/mol. The summed E-state index contributed by atoms with van der Waals surface area (Å²) in [5.41, 5.74) is 1.79. The van der Waals surface area contributed by atoms with Crippen molar-refractivity contribution in [3.63, 3.8) is 0 Å². The summed E-state index contributed by atoms with van der Waals surface area (Å²) in [6.45, 7) is 1.46. The van der Waals surface area contributed by atoms with E-state index >= 15 is 0 Å². The predicted molar refractivity (Wildman–Crippen MR) is 99.4 cm³/mol. The van der Waals surface area contributed by atoms with Gasteiger partial charge >= 0.3 is 0 Å². The number of nitrogens with one attached hydrogen (secondary N) is 1. The molecule has 2 amide bonds. The van der Waals surface area contributed by atoms with Crippen LogP contribution in [0, 0.1) is 23.7 Å². The molecule has 26 heavy (non-hydrogen) atoms. The number of rotatable bonds is 4. The highest BCUT2D eigenvalue weighted by molar-refractivity contribution is 5.94. The van der Waals surface area contributed by atoms with Gasteiger partial charge < -0.3 is 10.2 Å². The summed E-state index contributed by atoms with van der Waals surface area (Å²) in [6, 6.07) is 8.21. The first-order valence-electron chi connectivity index (χ1n) is 10.3. The molecule has 0 spiro atoms. The van der Waals surface area contributed by atoms with Gasteiger partial charge in [0.25, 0.3) is 5.91 Å². The summed E-state index contributed by atoms with van der Waals surface area (Å²) in [7, 11) is 0. The second-order valence-corrected chi connectivity index (χ2v) is 9.05. The van der Waals surface area contributed by atoms with Crippen LogP contribution >= 0.6 is 0 Å².